The molecule has 246 valence electrons. The van der Waals surface area contributed by atoms with Crippen LogP contribution in [0.2, 0.25) is 36.3 Å². The van der Waals surface area contributed by atoms with Gasteiger partial charge >= 0.3 is 0 Å². The smallest absolute Gasteiger partial charge is 0.192 e. The fraction of sp³-hybridized carbons (Fsp3) is 0.842. The van der Waals surface area contributed by atoms with Crippen LogP contribution in [0, 0.1) is 28.6 Å². The van der Waals surface area contributed by atoms with E-state index in [2.05, 4.69) is 114 Å². The van der Waals surface area contributed by atoms with Crippen LogP contribution >= 0.6 is 0 Å². The number of hydrogen-bond donors (Lipinski definition) is 1. The minimum Gasteiger partial charge on any atom is -0.414 e. The van der Waals surface area contributed by atoms with Gasteiger partial charge in [0.15, 0.2) is 16.6 Å². The Bertz CT molecular complexity index is 1120. The van der Waals surface area contributed by atoms with Crippen LogP contribution < -0.4 is 0 Å². The molecule has 0 aliphatic heterocycles. The average Bonchev–Trinajstić information content (AvgIpc) is 3.23. The molecule has 2 saturated carbocycles. The van der Waals surface area contributed by atoms with Crippen molar-refractivity contribution in [3.8, 4) is 0 Å². The molecular formula is C38H68O3Si2. The summed E-state index contributed by atoms with van der Waals surface area (Å²) < 4.78 is 14.7. The van der Waals surface area contributed by atoms with Crippen molar-refractivity contribution in [1.29, 1.82) is 0 Å². The minimum absolute atomic E-state index is 0.0217. The molecule has 4 aliphatic rings. The topological polar surface area (TPSA) is 38.7 Å². The van der Waals surface area contributed by atoms with Gasteiger partial charge in [-0.2, -0.15) is 0 Å². The van der Waals surface area contributed by atoms with Gasteiger partial charge in [-0.1, -0.05) is 104 Å². The summed E-state index contributed by atoms with van der Waals surface area (Å²) in [6.45, 7) is 33.6. The van der Waals surface area contributed by atoms with Gasteiger partial charge in [0.1, 0.15) is 0 Å². The predicted molar refractivity (Wildman–Crippen MR) is 189 cm³/mol. The molecule has 2 fully saturated rings. The predicted octanol–water partition coefficient (Wildman–Crippen LogP) is 11.0. The molecule has 0 saturated heterocycles. The van der Waals surface area contributed by atoms with Gasteiger partial charge in [0.05, 0.1) is 18.3 Å². The monoisotopic (exact) mass is 628 g/mol. The van der Waals surface area contributed by atoms with Crippen LogP contribution in [0.4, 0.5) is 0 Å². The lowest BCUT2D eigenvalue weighted by atomic mass is 9.49. The van der Waals surface area contributed by atoms with Crippen LogP contribution in [0.25, 0.3) is 0 Å². The van der Waals surface area contributed by atoms with E-state index in [0.717, 1.165) is 32.1 Å². The van der Waals surface area contributed by atoms with Crippen molar-refractivity contribution in [2.45, 2.75) is 175 Å². The molecule has 0 spiro atoms. The number of aliphatic hydroxyl groups excluding tert-OH is 1. The first-order chi connectivity index (χ1) is 19.6. The van der Waals surface area contributed by atoms with Crippen LogP contribution in [0.3, 0.4) is 0 Å². The molecule has 0 amide bonds. The molecule has 5 heteroatoms. The molecule has 3 nitrogen and oxygen atoms in total. The number of hydrogen-bond acceptors (Lipinski definition) is 3. The van der Waals surface area contributed by atoms with Gasteiger partial charge in [0.2, 0.25) is 0 Å². The second-order valence-corrected chi connectivity index (χ2v) is 28.0. The summed E-state index contributed by atoms with van der Waals surface area (Å²) in [6.07, 6.45) is 16.5. The zero-order valence-electron chi connectivity index (χ0n) is 30.6. The molecule has 4 rings (SSSR count). The first kappa shape index (κ1) is 35.4. The number of aliphatic hydroxyl groups is 1. The van der Waals surface area contributed by atoms with Crippen molar-refractivity contribution in [3.05, 3.63) is 34.9 Å². The summed E-state index contributed by atoms with van der Waals surface area (Å²) in [4.78, 5) is 0. The molecule has 0 aromatic rings. The van der Waals surface area contributed by atoms with E-state index < -0.39 is 16.6 Å². The lowest BCUT2D eigenvalue weighted by molar-refractivity contribution is -0.0389. The van der Waals surface area contributed by atoms with E-state index in [4.69, 9.17) is 8.85 Å². The van der Waals surface area contributed by atoms with E-state index in [9.17, 15) is 5.11 Å². The van der Waals surface area contributed by atoms with E-state index >= 15 is 0 Å². The molecule has 0 aromatic heterocycles. The quantitative estimate of drug-likeness (QED) is 0.204. The Hall–Kier alpha value is -0.466. The molecule has 0 aromatic carbocycles. The van der Waals surface area contributed by atoms with Crippen molar-refractivity contribution < 1.29 is 14.0 Å². The summed E-state index contributed by atoms with van der Waals surface area (Å²) in [5.41, 5.74) is 5.20. The van der Waals surface area contributed by atoms with Crippen LogP contribution in [0.5, 0.6) is 0 Å². The molecule has 4 aliphatic carbocycles. The molecule has 0 radical (unpaired) electrons. The molecular weight excluding hydrogens is 561 g/mol. The van der Waals surface area contributed by atoms with Crippen molar-refractivity contribution in [2.75, 3.05) is 0 Å². The van der Waals surface area contributed by atoms with E-state index in [1.54, 1.807) is 16.7 Å². The maximum absolute atomic E-state index is 10.3. The number of allylic oxidation sites excluding steroid dienone is 5. The van der Waals surface area contributed by atoms with Gasteiger partial charge in [-0.15, -0.1) is 0 Å². The Morgan fingerprint density at radius 1 is 0.930 bits per heavy atom. The van der Waals surface area contributed by atoms with Crippen LogP contribution in [0.15, 0.2) is 34.9 Å². The van der Waals surface area contributed by atoms with Gasteiger partial charge < -0.3 is 14.0 Å². The van der Waals surface area contributed by atoms with Crippen molar-refractivity contribution in [2.24, 2.45) is 28.6 Å². The second-order valence-electron chi connectivity index (χ2n) is 18.4. The highest BCUT2D eigenvalue weighted by Crippen LogP contribution is 2.65. The Morgan fingerprint density at radius 3 is 2.12 bits per heavy atom. The maximum atomic E-state index is 10.3. The molecule has 4 unspecified atom stereocenters. The zero-order chi connectivity index (χ0) is 32.4. The third-order valence-electron chi connectivity index (χ3n) is 13.7. The molecule has 1 N–H and O–H groups in total. The van der Waals surface area contributed by atoms with E-state index in [0.29, 0.717) is 17.8 Å². The highest BCUT2D eigenvalue weighted by atomic mass is 28.4. The van der Waals surface area contributed by atoms with Crippen molar-refractivity contribution in [3.63, 3.8) is 0 Å². The first-order valence-corrected chi connectivity index (χ1v) is 23.6. The van der Waals surface area contributed by atoms with Crippen molar-refractivity contribution >= 4 is 16.6 Å². The summed E-state index contributed by atoms with van der Waals surface area (Å²) >= 11 is 0. The van der Waals surface area contributed by atoms with Gasteiger partial charge in [-0.05, 0) is 111 Å². The Balaban J connectivity index is 1.68. The first-order valence-electron chi connectivity index (χ1n) is 17.7. The van der Waals surface area contributed by atoms with E-state index in [-0.39, 0.29) is 39.2 Å². The summed E-state index contributed by atoms with van der Waals surface area (Å²) in [5.74, 6) is 1.67. The highest BCUT2D eigenvalue weighted by molar-refractivity contribution is 6.74. The molecule has 8 atom stereocenters. The highest BCUT2D eigenvalue weighted by Gasteiger charge is 2.59. The Kier molecular flexibility index (Phi) is 9.84. The fourth-order valence-electron chi connectivity index (χ4n) is 8.58. The van der Waals surface area contributed by atoms with E-state index in [1.165, 1.54) is 19.3 Å². The summed E-state index contributed by atoms with van der Waals surface area (Å²) in [7, 11) is -3.91. The Morgan fingerprint density at radius 2 is 1.53 bits per heavy atom. The molecule has 0 heterocycles. The lowest BCUT2D eigenvalue weighted by Crippen LogP contribution is -2.58. The fourth-order valence-corrected chi connectivity index (χ4v) is 11.3. The van der Waals surface area contributed by atoms with Gasteiger partial charge in [0, 0.05) is 5.41 Å². The largest absolute Gasteiger partial charge is 0.414 e. The normalized spacial score (nSPS) is 34.8. The van der Waals surface area contributed by atoms with Gasteiger partial charge in [0.25, 0.3) is 0 Å². The third-order valence-corrected chi connectivity index (χ3v) is 22.7. The molecule has 0 bridgehead atoms. The summed E-state index contributed by atoms with van der Waals surface area (Å²) in [6, 6.07) is 0. The van der Waals surface area contributed by atoms with Gasteiger partial charge in [-0.25, -0.2) is 0 Å². The van der Waals surface area contributed by atoms with Crippen LogP contribution in [-0.4, -0.2) is 40.1 Å². The zero-order valence-corrected chi connectivity index (χ0v) is 32.6. The third kappa shape index (κ3) is 6.42. The Labute approximate surface area is 268 Å². The van der Waals surface area contributed by atoms with Crippen molar-refractivity contribution in [1.82, 2.24) is 0 Å². The summed E-state index contributed by atoms with van der Waals surface area (Å²) in [5, 5.41) is 10.6. The lowest BCUT2D eigenvalue weighted by Gasteiger charge is -2.59. The minimum atomic E-state index is -2.01. The van der Waals surface area contributed by atoms with E-state index in [1.807, 2.05) is 0 Å². The molecule has 43 heavy (non-hydrogen) atoms. The number of rotatable bonds is 9. The number of fused-ring (bicyclic) bond motifs is 5. The van der Waals surface area contributed by atoms with Crippen LogP contribution in [-0.2, 0) is 8.85 Å². The standard InChI is InChI=1S/C38H68O3Si2/c1-15-28(39)18-16-26(2)31-20-21-32-30-19-17-27-24-29(40-42(11,12)35(3,4)5)25-34(41-43(13,14)36(6,7)8)38(27,10)33(30)22-23-37(31,32)9/h17,19-20,26,28-29,32-34,39H,15-16,18,21-25H2,1-14H3/t26?,28?,29?,32-,33-,34?,37+,38-/m0/s1. The average molecular weight is 629 g/mol. The second kappa shape index (κ2) is 12.0. The van der Waals surface area contributed by atoms with Crippen LogP contribution in [0.1, 0.15) is 121 Å². The van der Waals surface area contributed by atoms with Gasteiger partial charge in [-0.3, -0.25) is 0 Å². The SMILES string of the molecule is CCC(O)CCC(C)C1=CC[C@H]2C3=CC=C4CC(O[Si](C)(C)C(C)(C)C)CC(O[Si](C)(C)C(C)(C)C)[C@]4(C)[C@H]3CC[C@]12C. The maximum Gasteiger partial charge on any atom is 0.192 e.